The number of nitrogens with zero attached hydrogens (tertiary/aromatic N) is 1. The minimum atomic E-state index is -4.51. The van der Waals surface area contributed by atoms with Crippen LogP contribution in [0, 0.1) is 5.92 Å². The number of nitrogens with one attached hydrogen (secondary N) is 1. The molecule has 0 spiro atoms. The molecule has 1 aliphatic heterocycles. The Morgan fingerprint density at radius 1 is 1.32 bits per heavy atom. The fraction of sp³-hybridized carbons (Fsp3) is 0.611. The monoisotopic (exact) mass is 358 g/mol. The SMILES string of the molecule is CCNCC1CCN(C(=O)C(C)Oc2ccccc2C(F)(F)F)CC1. The van der Waals surface area contributed by atoms with Gasteiger partial charge in [-0.2, -0.15) is 13.2 Å². The van der Waals surface area contributed by atoms with E-state index >= 15 is 0 Å². The zero-order valence-electron chi connectivity index (χ0n) is 14.6. The topological polar surface area (TPSA) is 41.6 Å². The largest absolute Gasteiger partial charge is 0.480 e. The Labute approximate surface area is 146 Å². The second kappa shape index (κ2) is 8.56. The Morgan fingerprint density at radius 2 is 1.96 bits per heavy atom. The molecule has 4 nitrogen and oxygen atoms in total. The van der Waals surface area contributed by atoms with Crippen molar-refractivity contribution in [3.8, 4) is 5.75 Å². The van der Waals surface area contributed by atoms with E-state index in [9.17, 15) is 18.0 Å². The number of para-hydroxylation sites is 1. The van der Waals surface area contributed by atoms with Crippen molar-refractivity contribution in [3.63, 3.8) is 0 Å². The summed E-state index contributed by atoms with van der Waals surface area (Å²) in [5.41, 5.74) is -0.862. The van der Waals surface area contributed by atoms with Gasteiger partial charge in [0.05, 0.1) is 5.56 Å². The first-order chi connectivity index (χ1) is 11.8. The molecule has 140 valence electrons. The molecule has 1 heterocycles. The van der Waals surface area contributed by atoms with Crippen molar-refractivity contribution in [1.29, 1.82) is 0 Å². The van der Waals surface area contributed by atoms with Crippen LogP contribution in [0.15, 0.2) is 24.3 Å². The van der Waals surface area contributed by atoms with Gasteiger partial charge in [0.1, 0.15) is 5.75 Å². The molecule has 7 heteroatoms. The number of carbonyl (C=O) groups is 1. The number of benzene rings is 1. The van der Waals surface area contributed by atoms with E-state index in [0.717, 1.165) is 32.0 Å². The Morgan fingerprint density at radius 3 is 2.56 bits per heavy atom. The van der Waals surface area contributed by atoms with E-state index in [2.05, 4.69) is 12.2 Å². The number of alkyl halides is 3. The highest BCUT2D eigenvalue weighted by atomic mass is 19.4. The molecule has 0 aliphatic carbocycles. The van der Waals surface area contributed by atoms with Crippen molar-refractivity contribution < 1.29 is 22.7 Å². The number of piperidine rings is 1. The normalized spacial score (nSPS) is 17.4. The first kappa shape index (κ1) is 19.6. The maximum atomic E-state index is 13.0. The first-order valence-corrected chi connectivity index (χ1v) is 8.65. The van der Waals surface area contributed by atoms with Gasteiger partial charge in [0.15, 0.2) is 6.10 Å². The summed E-state index contributed by atoms with van der Waals surface area (Å²) >= 11 is 0. The van der Waals surface area contributed by atoms with Crippen LogP contribution in [0.1, 0.15) is 32.3 Å². The van der Waals surface area contributed by atoms with Crippen LogP contribution < -0.4 is 10.1 Å². The zero-order chi connectivity index (χ0) is 18.4. The minimum Gasteiger partial charge on any atom is -0.480 e. The third-order valence-electron chi connectivity index (χ3n) is 4.45. The van der Waals surface area contributed by atoms with Gasteiger partial charge in [0.25, 0.3) is 5.91 Å². The number of halogens is 3. The maximum Gasteiger partial charge on any atom is 0.419 e. The van der Waals surface area contributed by atoms with Gasteiger partial charge in [-0.1, -0.05) is 19.1 Å². The molecule has 1 N–H and O–H groups in total. The summed E-state index contributed by atoms with van der Waals surface area (Å²) in [5, 5.41) is 3.30. The standard InChI is InChI=1S/C18H25F3N2O2/c1-3-22-12-14-8-10-23(11-9-14)17(24)13(2)25-16-7-5-4-6-15(16)18(19,20)21/h4-7,13-14,22H,3,8-12H2,1-2H3. The fourth-order valence-corrected chi connectivity index (χ4v) is 3.01. The molecule has 1 amide bonds. The molecule has 1 unspecified atom stereocenters. The number of hydrogen-bond acceptors (Lipinski definition) is 3. The number of amides is 1. The quantitative estimate of drug-likeness (QED) is 0.848. The predicted molar refractivity (Wildman–Crippen MR) is 89.4 cm³/mol. The number of hydrogen-bond donors (Lipinski definition) is 1. The van der Waals surface area contributed by atoms with Crippen LogP contribution in [0.25, 0.3) is 0 Å². The minimum absolute atomic E-state index is 0.265. The summed E-state index contributed by atoms with van der Waals surface area (Å²) in [7, 11) is 0. The lowest BCUT2D eigenvalue weighted by molar-refractivity contribution is -0.144. The maximum absolute atomic E-state index is 13.0. The number of carbonyl (C=O) groups excluding carboxylic acids is 1. The molecule has 25 heavy (non-hydrogen) atoms. The van der Waals surface area contributed by atoms with Gasteiger partial charge in [-0.05, 0) is 50.9 Å². The third kappa shape index (κ3) is 5.36. The fourth-order valence-electron chi connectivity index (χ4n) is 3.01. The summed E-state index contributed by atoms with van der Waals surface area (Å²) in [5.74, 6) is -0.0389. The summed E-state index contributed by atoms with van der Waals surface area (Å²) < 4.78 is 44.4. The van der Waals surface area contributed by atoms with E-state index in [-0.39, 0.29) is 11.7 Å². The lowest BCUT2D eigenvalue weighted by Crippen LogP contribution is -2.46. The number of likely N-dealkylation sites (tertiary alicyclic amines) is 1. The van der Waals surface area contributed by atoms with Crippen LogP contribution >= 0.6 is 0 Å². The Hall–Kier alpha value is -1.76. The highest BCUT2D eigenvalue weighted by Crippen LogP contribution is 2.36. The summed E-state index contributed by atoms with van der Waals surface area (Å²) in [6, 6.07) is 4.97. The molecular weight excluding hydrogens is 333 g/mol. The van der Waals surface area contributed by atoms with Crippen LogP contribution in [0.5, 0.6) is 5.75 Å². The van der Waals surface area contributed by atoms with E-state index in [1.165, 1.54) is 25.1 Å². The number of ether oxygens (including phenoxy) is 1. The first-order valence-electron chi connectivity index (χ1n) is 8.65. The Kier molecular flexibility index (Phi) is 6.70. The molecule has 0 radical (unpaired) electrons. The highest BCUT2D eigenvalue weighted by molar-refractivity contribution is 5.81. The van der Waals surface area contributed by atoms with E-state index in [4.69, 9.17) is 4.74 Å². The molecule has 1 aliphatic rings. The van der Waals surface area contributed by atoms with Gasteiger partial charge in [-0.3, -0.25) is 4.79 Å². The van der Waals surface area contributed by atoms with Crippen molar-refractivity contribution in [1.82, 2.24) is 10.2 Å². The van der Waals surface area contributed by atoms with Crippen molar-refractivity contribution >= 4 is 5.91 Å². The van der Waals surface area contributed by atoms with Crippen LogP contribution in [-0.2, 0) is 11.0 Å². The van der Waals surface area contributed by atoms with Crippen molar-refractivity contribution in [2.45, 2.75) is 39.0 Å². The highest BCUT2D eigenvalue weighted by Gasteiger charge is 2.35. The van der Waals surface area contributed by atoms with Crippen molar-refractivity contribution in [2.75, 3.05) is 26.2 Å². The van der Waals surface area contributed by atoms with Gasteiger partial charge < -0.3 is 15.0 Å². The molecule has 0 aromatic heterocycles. The van der Waals surface area contributed by atoms with Crippen LogP contribution in [0.3, 0.4) is 0 Å². The van der Waals surface area contributed by atoms with Gasteiger partial charge in [-0.15, -0.1) is 0 Å². The van der Waals surface area contributed by atoms with E-state index in [1.54, 1.807) is 4.90 Å². The van der Waals surface area contributed by atoms with Gasteiger partial charge in [0, 0.05) is 13.1 Å². The number of rotatable bonds is 6. The second-order valence-electron chi connectivity index (χ2n) is 6.33. The summed E-state index contributed by atoms with van der Waals surface area (Å²) in [6.45, 7) is 6.63. The summed E-state index contributed by atoms with van der Waals surface area (Å²) in [4.78, 5) is 14.2. The van der Waals surface area contributed by atoms with Crippen molar-refractivity contribution in [2.24, 2.45) is 5.92 Å². The Bertz CT molecular complexity index is 570. The predicted octanol–water partition coefficient (Wildman–Crippen LogP) is 3.32. The molecule has 2 rings (SSSR count). The van der Waals surface area contributed by atoms with E-state index < -0.39 is 17.8 Å². The Balaban J connectivity index is 1.94. The summed E-state index contributed by atoms with van der Waals surface area (Å²) in [6.07, 6.45) is -3.67. The molecule has 0 saturated carbocycles. The van der Waals surface area contributed by atoms with Gasteiger partial charge in [-0.25, -0.2) is 0 Å². The van der Waals surface area contributed by atoms with Gasteiger partial charge >= 0.3 is 6.18 Å². The zero-order valence-corrected chi connectivity index (χ0v) is 14.6. The third-order valence-corrected chi connectivity index (χ3v) is 4.45. The lowest BCUT2D eigenvalue weighted by Gasteiger charge is -2.33. The molecule has 1 fully saturated rings. The van der Waals surface area contributed by atoms with Gasteiger partial charge in [0.2, 0.25) is 0 Å². The average Bonchev–Trinajstić information content (AvgIpc) is 2.59. The smallest absolute Gasteiger partial charge is 0.419 e. The van der Waals surface area contributed by atoms with E-state index in [0.29, 0.717) is 19.0 Å². The lowest BCUT2D eigenvalue weighted by atomic mass is 9.96. The average molecular weight is 358 g/mol. The molecule has 1 atom stereocenters. The molecule has 1 saturated heterocycles. The molecule has 1 aromatic carbocycles. The van der Waals surface area contributed by atoms with Crippen LogP contribution in [-0.4, -0.2) is 43.1 Å². The molecular formula is C18H25F3N2O2. The molecule has 0 bridgehead atoms. The van der Waals surface area contributed by atoms with E-state index in [1.807, 2.05) is 0 Å². The second-order valence-corrected chi connectivity index (χ2v) is 6.33. The van der Waals surface area contributed by atoms with Crippen LogP contribution in [0.2, 0.25) is 0 Å². The van der Waals surface area contributed by atoms with Crippen LogP contribution in [0.4, 0.5) is 13.2 Å². The van der Waals surface area contributed by atoms with Crippen molar-refractivity contribution in [3.05, 3.63) is 29.8 Å². The molecule has 1 aromatic rings.